The molecule has 0 unspecified atom stereocenters. The summed E-state index contributed by atoms with van der Waals surface area (Å²) in [6.45, 7) is 9.29. The third-order valence-corrected chi connectivity index (χ3v) is 5.84. The van der Waals surface area contributed by atoms with Crippen LogP contribution in [-0.2, 0) is 21.9 Å². The van der Waals surface area contributed by atoms with Crippen molar-refractivity contribution in [2.45, 2.75) is 63.4 Å². The van der Waals surface area contributed by atoms with E-state index in [9.17, 15) is 14.7 Å². The third kappa shape index (κ3) is 8.53. The first kappa shape index (κ1) is 24.6. The summed E-state index contributed by atoms with van der Waals surface area (Å²) in [5.41, 5.74) is 1.43. The van der Waals surface area contributed by atoms with E-state index in [2.05, 4.69) is 5.32 Å². The number of nitrogens with one attached hydrogen (secondary N) is 1. The molecule has 0 saturated heterocycles. The number of carboxylic acid groups (broad SMARTS) is 1. The summed E-state index contributed by atoms with van der Waals surface area (Å²) in [7, 11) is 0. The van der Waals surface area contributed by atoms with E-state index in [0.29, 0.717) is 12.4 Å². The molecule has 31 heavy (non-hydrogen) atoms. The molecule has 0 aliphatic rings. The molecule has 0 aromatic heterocycles. The van der Waals surface area contributed by atoms with Crippen molar-refractivity contribution in [3.05, 3.63) is 65.7 Å². The molecular weight excluding hydrogens is 414 g/mol. The molecule has 1 atom stereocenters. The minimum absolute atomic E-state index is 0.499. The lowest BCUT2D eigenvalue weighted by Gasteiger charge is -2.32. The maximum absolute atomic E-state index is 12.1. The Morgan fingerprint density at radius 1 is 0.968 bits per heavy atom. The lowest BCUT2D eigenvalue weighted by molar-refractivity contribution is -0.140. The Morgan fingerprint density at radius 2 is 1.58 bits per heavy atom. The third-order valence-electron chi connectivity index (χ3n) is 4.39. The SMILES string of the molecule is CC(C)(C)OC(=O)N[C@H](C(=O)O)C(C)(C)SCc1ccc(OCc2ccccc2)cc1. The fourth-order valence-corrected chi connectivity index (χ4v) is 3.79. The summed E-state index contributed by atoms with van der Waals surface area (Å²) in [4.78, 5) is 23.9. The molecule has 2 aromatic carbocycles. The Hall–Kier alpha value is -2.67. The largest absolute Gasteiger partial charge is 0.489 e. The summed E-state index contributed by atoms with van der Waals surface area (Å²) < 4.78 is 10.2. The highest BCUT2D eigenvalue weighted by Gasteiger charge is 2.38. The van der Waals surface area contributed by atoms with E-state index in [1.165, 1.54) is 11.8 Å². The molecule has 168 valence electrons. The molecule has 0 radical (unpaired) electrons. The van der Waals surface area contributed by atoms with Crippen LogP contribution in [0.3, 0.4) is 0 Å². The summed E-state index contributed by atoms with van der Waals surface area (Å²) in [6, 6.07) is 16.6. The Morgan fingerprint density at radius 3 is 2.13 bits per heavy atom. The second kappa shape index (κ2) is 10.6. The summed E-state index contributed by atoms with van der Waals surface area (Å²) >= 11 is 1.45. The Balaban J connectivity index is 1.92. The molecule has 0 saturated carbocycles. The van der Waals surface area contributed by atoms with Gasteiger partial charge in [0.2, 0.25) is 0 Å². The maximum atomic E-state index is 12.1. The summed E-state index contributed by atoms with van der Waals surface area (Å²) in [5.74, 6) is 0.256. The number of amides is 1. The number of aliphatic carboxylic acids is 1. The number of hydrogen-bond acceptors (Lipinski definition) is 5. The lowest BCUT2D eigenvalue weighted by Crippen LogP contribution is -2.53. The van der Waals surface area contributed by atoms with E-state index in [4.69, 9.17) is 9.47 Å². The smallest absolute Gasteiger partial charge is 0.408 e. The summed E-state index contributed by atoms with van der Waals surface area (Å²) in [6.07, 6.45) is -0.742. The van der Waals surface area contributed by atoms with Gasteiger partial charge >= 0.3 is 12.1 Å². The van der Waals surface area contributed by atoms with Crippen LogP contribution in [0.15, 0.2) is 54.6 Å². The minimum atomic E-state index is -1.10. The highest BCUT2D eigenvalue weighted by Crippen LogP contribution is 2.32. The van der Waals surface area contributed by atoms with Crippen LogP contribution in [0.2, 0.25) is 0 Å². The predicted octanol–water partition coefficient (Wildman–Crippen LogP) is 5.26. The summed E-state index contributed by atoms with van der Waals surface area (Å²) in [5, 5.41) is 12.1. The first-order valence-corrected chi connectivity index (χ1v) is 11.1. The first-order chi connectivity index (χ1) is 14.5. The average molecular weight is 446 g/mol. The standard InChI is InChI=1S/C24H31NO5S/c1-23(2,3)30-22(28)25-20(21(26)27)24(4,5)31-16-18-11-13-19(14-12-18)29-15-17-9-7-6-8-10-17/h6-14,20H,15-16H2,1-5H3,(H,25,28)(H,26,27)/t20-/m1/s1. The highest BCUT2D eigenvalue weighted by molar-refractivity contribution is 7.99. The predicted molar refractivity (Wildman–Crippen MR) is 123 cm³/mol. The van der Waals surface area contributed by atoms with E-state index in [0.717, 1.165) is 16.9 Å². The van der Waals surface area contributed by atoms with Gasteiger partial charge in [-0.2, -0.15) is 0 Å². The van der Waals surface area contributed by atoms with E-state index < -0.39 is 28.5 Å². The van der Waals surface area contributed by atoms with Crippen LogP contribution in [-0.4, -0.2) is 33.6 Å². The quantitative estimate of drug-likeness (QED) is 0.548. The molecule has 2 rings (SSSR count). The molecule has 0 aliphatic carbocycles. The number of carbonyl (C=O) groups excluding carboxylic acids is 1. The number of thioether (sulfide) groups is 1. The van der Waals surface area contributed by atoms with E-state index in [1.807, 2.05) is 54.6 Å². The molecule has 7 heteroatoms. The van der Waals surface area contributed by atoms with Gasteiger partial charge in [-0.25, -0.2) is 9.59 Å². The van der Waals surface area contributed by atoms with Crippen LogP contribution in [0.25, 0.3) is 0 Å². The van der Waals surface area contributed by atoms with Crippen molar-refractivity contribution < 1.29 is 24.2 Å². The first-order valence-electron chi connectivity index (χ1n) is 10.1. The maximum Gasteiger partial charge on any atom is 0.408 e. The van der Waals surface area contributed by atoms with Gasteiger partial charge in [-0.05, 0) is 57.9 Å². The van der Waals surface area contributed by atoms with Crippen molar-refractivity contribution >= 4 is 23.8 Å². The number of rotatable bonds is 9. The van der Waals surface area contributed by atoms with Crippen molar-refractivity contribution in [3.8, 4) is 5.75 Å². The van der Waals surface area contributed by atoms with E-state index in [1.54, 1.807) is 34.6 Å². The van der Waals surface area contributed by atoms with Gasteiger partial charge in [-0.1, -0.05) is 42.5 Å². The lowest BCUT2D eigenvalue weighted by atomic mass is 10.0. The second-order valence-corrected chi connectivity index (χ2v) is 10.4. The number of benzene rings is 2. The van der Waals surface area contributed by atoms with Crippen LogP contribution < -0.4 is 10.1 Å². The molecule has 0 bridgehead atoms. The van der Waals surface area contributed by atoms with Crippen LogP contribution in [0, 0.1) is 0 Å². The van der Waals surface area contributed by atoms with Gasteiger partial charge in [0.15, 0.2) is 0 Å². The number of carbonyl (C=O) groups is 2. The number of hydrogen-bond donors (Lipinski definition) is 2. The van der Waals surface area contributed by atoms with E-state index in [-0.39, 0.29) is 0 Å². The molecule has 6 nitrogen and oxygen atoms in total. The van der Waals surface area contributed by atoms with Crippen molar-refractivity contribution in [3.63, 3.8) is 0 Å². The van der Waals surface area contributed by atoms with E-state index >= 15 is 0 Å². The van der Waals surface area contributed by atoms with Crippen LogP contribution in [0.5, 0.6) is 5.75 Å². The van der Waals surface area contributed by atoms with Crippen LogP contribution in [0.4, 0.5) is 4.79 Å². The molecule has 2 aromatic rings. The van der Waals surface area contributed by atoms with Gasteiger partial charge in [-0.3, -0.25) is 0 Å². The Bertz CT molecular complexity index is 860. The van der Waals surface area contributed by atoms with Crippen molar-refractivity contribution in [2.75, 3.05) is 0 Å². The molecule has 0 aliphatic heterocycles. The minimum Gasteiger partial charge on any atom is -0.489 e. The monoisotopic (exact) mass is 445 g/mol. The van der Waals surface area contributed by atoms with Gasteiger partial charge in [0.1, 0.15) is 24.0 Å². The number of ether oxygens (including phenoxy) is 2. The normalized spacial score (nSPS) is 12.7. The van der Waals surface area contributed by atoms with Crippen LogP contribution >= 0.6 is 11.8 Å². The number of carboxylic acids is 1. The van der Waals surface area contributed by atoms with Gasteiger partial charge in [0, 0.05) is 10.5 Å². The van der Waals surface area contributed by atoms with Gasteiger partial charge < -0.3 is 19.9 Å². The molecule has 0 heterocycles. The van der Waals surface area contributed by atoms with Gasteiger partial charge in [0.25, 0.3) is 0 Å². The fraction of sp³-hybridized carbons (Fsp3) is 0.417. The topological polar surface area (TPSA) is 84.9 Å². The second-order valence-electron chi connectivity index (χ2n) is 8.73. The molecule has 0 fully saturated rings. The molecule has 0 spiro atoms. The molecule has 1 amide bonds. The molecule has 2 N–H and O–H groups in total. The van der Waals surface area contributed by atoms with Crippen molar-refractivity contribution in [1.82, 2.24) is 5.32 Å². The zero-order valence-electron chi connectivity index (χ0n) is 18.7. The highest BCUT2D eigenvalue weighted by atomic mass is 32.2. The zero-order valence-corrected chi connectivity index (χ0v) is 19.5. The number of alkyl carbamates (subject to hydrolysis) is 1. The Labute approximate surface area is 188 Å². The van der Waals surface area contributed by atoms with Gasteiger partial charge in [0.05, 0.1) is 0 Å². The fourth-order valence-electron chi connectivity index (χ4n) is 2.73. The van der Waals surface area contributed by atoms with Crippen molar-refractivity contribution in [1.29, 1.82) is 0 Å². The van der Waals surface area contributed by atoms with Crippen LogP contribution in [0.1, 0.15) is 45.7 Å². The average Bonchev–Trinajstić information content (AvgIpc) is 2.69. The Kier molecular flexibility index (Phi) is 8.39. The zero-order chi connectivity index (χ0) is 23.1. The molecular formula is C24H31NO5S. The van der Waals surface area contributed by atoms with Gasteiger partial charge in [-0.15, -0.1) is 11.8 Å². The van der Waals surface area contributed by atoms with Crippen molar-refractivity contribution in [2.24, 2.45) is 0 Å².